The Bertz CT molecular complexity index is 603. The number of aryl methyl sites for hydroxylation is 2. The van der Waals surface area contributed by atoms with Gasteiger partial charge in [-0.25, -0.2) is 0 Å². The van der Waals surface area contributed by atoms with E-state index in [0.29, 0.717) is 0 Å². The first-order valence-corrected chi connectivity index (χ1v) is 7.79. The van der Waals surface area contributed by atoms with Crippen molar-refractivity contribution >= 4 is 0 Å². The monoisotopic (exact) mass is 281 g/mol. The van der Waals surface area contributed by atoms with Gasteiger partial charge in [-0.05, 0) is 36.1 Å². The zero-order valence-electron chi connectivity index (χ0n) is 12.9. The third-order valence-corrected chi connectivity index (χ3v) is 4.09. The zero-order chi connectivity index (χ0) is 14.7. The highest BCUT2D eigenvalue weighted by Crippen LogP contribution is 2.29. The molecule has 0 radical (unpaired) electrons. The van der Waals surface area contributed by atoms with Crippen molar-refractivity contribution in [2.75, 3.05) is 6.54 Å². The largest absolute Gasteiger partial charge is 0.488 e. The minimum Gasteiger partial charge on any atom is -0.488 e. The summed E-state index contributed by atoms with van der Waals surface area (Å²) in [5.74, 6) is 1.06. The van der Waals surface area contributed by atoms with Gasteiger partial charge in [-0.1, -0.05) is 48.9 Å². The Morgan fingerprint density at radius 3 is 2.62 bits per heavy atom. The Labute approximate surface area is 127 Å². The lowest BCUT2D eigenvalue weighted by Crippen LogP contribution is -2.29. The molecule has 1 aliphatic heterocycles. The summed E-state index contributed by atoms with van der Waals surface area (Å²) in [6, 6.07) is 15.3. The minimum atomic E-state index is 0.261. The fraction of sp³-hybridized carbons (Fsp3) is 0.368. The fourth-order valence-corrected chi connectivity index (χ4v) is 2.83. The van der Waals surface area contributed by atoms with E-state index in [4.69, 9.17) is 4.74 Å². The predicted octanol–water partition coefficient (Wildman–Crippen LogP) is 3.65. The molecular weight excluding hydrogens is 258 g/mol. The fourth-order valence-electron chi connectivity index (χ4n) is 2.83. The van der Waals surface area contributed by atoms with E-state index in [-0.39, 0.29) is 6.10 Å². The van der Waals surface area contributed by atoms with E-state index < -0.39 is 0 Å². The predicted molar refractivity (Wildman–Crippen MR) is 86.8 cm³/mol. The van der Waals surface area contributed by atoms with Crippen LogP contribution in [-0.2, 0) is 19.4 Å². The van der Waals surface area contributed by atoms with Gasteiger partial charge in [-0.3, -0.25) is 0 Å². The number of benzene rings is 2. The lowest BCUT2D eigenvalue weighted by Gasteiger charge is -2.12. The number of hydrogen-bond acceptors (Lipinski definition) is 2. The summed E-state index contributed by atoms with van der Waals surface area (Å²) in [4.78, 5) is 0. The SMILES string of the molecule is CCc1ccc(CNCC2Cc3cc(C)ccc3O2)cc1. The molecule has 2 aromatic carbocycles. The molecule has 2 aromatic rings. The van der Waals surface area contributed by atoms with E-state index in [1.165, 1.54) is 22.3 Å². The van der Waals surface area contributed by atoms with Gasteiger partial charge in [-0.15, -0.1) is 0 Å². The standard InChI is InChI=1S/C19H23NO/c1-3-15-5-7-16(8-6-15)12-20-13-18-11-17-10-14(2)4-9-19(17)21-18/h4-10,18,20H,3,11-13H2,1-2H3. The molecule has 1 N–H and O–H groups in total. The average molecular weight is 281 g/mol. The molecular formula is C19H23NO. The smallest absolute Gasteiger partial charge is 0.123 e. The van der Waals surface area contributed by atoms with Crippen LogP contribution in [-0.4, -0.2) is 12.6 Å². The Kier molecular flexibility index (Phi) is 4.26. The zero-order valence-corrected chi connectivity index (χ0v) is 12.9. The van der Waals surface area contributed by atoms with Gasteiger partial charge in [0.1, 0.15) is 11.9 Å². The van der Waals surface area contributed by atoms with Crippen LogP contribution in [0, 0.1) is 6.92 Å². The van der Waals surface area contributed by atoms with Gasteiger partial charge < -0.3 is 10.1 Å². The molecule has 2 nitrogen and oxygen atoms in total. The second-order valence-corrected chi connectivity index (χ2v) is 5.86. The molecule has 0 fully saturated rings. The summed E-state index contributed by atoms with van der Waals surface area (Å²) in [5.41, 5.74) is 5.37. The van der Waals surface area contributed by atoms with Crippen LogP contribution in [0.5, 0.6) is 5.75 Å². The Morgan fingerprint density at radius 1 is 1.10 bits per heavy atom. The van der Waals surface area contributed by atoms with E-state index in [0.717, 1.165) is 31.7 Å². The molecule has 0 spiro atoms. The molecule has 1 heterocycles. The van der Waals surface area contributed by atoms with Gasteiger partial charge >= 0.3 is 0 Å². The molecule has 0 aliphatic carbocycles. The third kappa shape index (κ3) is 3.45. The number of nitrogens with one attached hydrogen (secondary N) is 1. The maximum Gasteiger partial charge on any atom is 0.123 e. The molecule has 21 heavy (non-hydrogen) atoms. The molecule has 1 atom stereocenters. The van der Waals surface area contributed by atoms with Crippen molar-refractivity contribution in [2.45, 2.75) is 39.3 Å². The van der Waals surface area contributed by atoms with Crippen LogP contribution in [0.25, 0.3) is 0 Å². The van der Waals surface area contributed by atoms with Crippen molar-refractivity contribution < 1.29 is 4.74 Å². The Hall–Kier alpha value is -1.80. The van der Waals surface area contributed by atoms with E-state index in [1.807, 2.05) is 0 Å². The number of rotatable bonds is 5. The van der Waals surface area contributed by atoms with Gasteiger partial charge in [0.15, 0.2) is 0 Å². The van der Waals surface area contributed by atoms with Gasteiger partial charge in [0.05, 0.1) is 0 Å². The van der Waals surface area contributed by atoms with Crippen molar-refractivity contribution in [3.05, 3.63) is 64.7 Å². The summed E-state index contributed by atoms with van der Waals surface area (Å²) >= 11 is 0. The molecule has 0 amide bonds. The van der Waals surface area contributed by atoms with Crippen LogP contribution in [0.1, 0.15) is 29.2 Å². The quantitative estimate of drug-likeness (QED) is 0.903. The highest BCUT2D eigenvalue weighted by Gasteiger charge is 2.22. The number of fused-ring (bicyclic) bond motifs is 1. The normalized spacial score (nSPS) is 16.6. The summed E-state index contributed by atoms with van der Waals surface area (Å²) in [7, 11) is 0. The van der Waals surface area contributed by atoms with Crippen molar-refractivity contribution in [3.8, 4) is 5.75 Å². The van der Waals surface area contributed by atoms with Crippen molar-refractivity contribution in [2.24, 2.45) is 0 Å². The van der Waals surface area contributed by atoms with Crippen molar-refractivity contribution in [1.82, 2.24) is 5.32 Å². The highest BCUT2D eigenvalue weighted by atomic mass is 16.5. The van der Waals surface area contributed by atoms with Crippen LogP contribution < -0.4 is 10.1 Å². The highest BCUT2D eigenvalue weighted by molar-refractivity contribution is 5.40. The second-order valence-electron chi connectivity index (χ2n) is 5.86. The minimum absolute atomic E-state index is 0.261. The summed E-state index contributed by atoms with van der Waals surface area (Å²) in [6.45, 7) is 6.11. The maximum absolute atomic E-state index is 5.97. The number of ether oxygens (including phenoxy) is 1. The Morgan fingerprint density at radius 2 is 1.86 bits per heavy atom. The van der Waals surface area contributed by atoms with Crippen LogP contribution in [0.3, 0.4) is 0 Å². The molecule has 3 rings (SSSR count). The van der Waals surface area contributed by atoms with Crippen LogP contribution >= 0.6 is 0 Å². The summed E-state index contributed by atoms with van der Waals surface area (Å²) in [5, 5.41) is 3.51. The Balaban J connectivity index is 1.48. The molecule has 0 saturated carbocycles. The molecule has 1 aliphatic rings. The van der Waals surface area contributed by atoms with Crippen molar-refractivity contribution in [3.63, 3.8) is 0 Å². The van der Waals surface area contributed by atoms with Crippen molar-refractivity contribution in [1.29, 1.82) is 0 Å². The third-order valence-electron chi connectivity index (χ3n) is 4.09. The maximum atomic E-state index is 5.97. The van der Waals surface area contributed by atoms with Crippen LogP contribution in [0.2, 0.25) is 0 Å². The molecule has 2 heteroatoms. The molecule has 0 saturated heterocycles. The molecule has 0 aromatic heterocycles. The molecule has 110 valence electrons. The molecule has 0 bridgehead atoms. The molecule has 1 unspecified atom stereocenters. The van der Waals surface area contributed by atoms with Crippen LogP contribution in [0.15, 0.2) is 42.5 Å². The van der Waals surface area contributed by atoms with Gasteiger partial charge in [0.2, 0.25) is 0 Å². The summed E-state index contributed by atoms with van der Waals surface area (Å²) < 4.78 is 5.97. The van der Waals surface area contributed by atoms with E-state index in [2.05, 4.69) is 61.6 Å². The first-order chi connectivity index (χ1) is 10.2. The second kappa shape index (κ2) is 6.31. The van der Waals surface area contributed by atoms with Gasteiger partial charge in [0, 0.05) is 19.5 Å². The topological polar surface area (TPSA) is 21.3 Å². The first kappa shape index (κ1) is 14.2. The number of hydrogen-bond donors (Lipinski definition) is 1. The summed E-state index contributed by atoms with van der Waals surface area (Å²) in [6.07, 6.45) is 2.37. The van der Waals surface area contributed by atoms with Gasteiger partial charge in [-0.2, -0.15) is 0 Å². The lowest BCUT2D eigenvalue weighted by atomic mass is 10.1. The van der Waals surface area contributed by atoms with Crippen LogP contribution in [0.4, 0.5) is 0 Å². The lowest BCUT2D eigenvalue weighted by molar-refractivity contribution is 0.227. The van der Waals surface area contributed by atoms with Gasteiger partial charge in [0.25, 0.3) is 0 Å². The van der Waals surface area contributed by atoms with E-state index in [1.54, 1.807) is 0 Å². The van der Waals surface area contributed by atoms with E-state index in [9.17, 15) is 0 Å². The average Bonchev–Trinajstić information content (AvgIpc) is 2.89. The first-order valence-electron chi connectivity index (χ1n) is 7.79. The van der Waals surface area contributed by atoms with E-state index >= 15 is 0 Å².